The zero-order valence-electron chi connectivity index (χ0n) is 13.0. The van der Waals surface area contributed by atoms with Gasteiger partial charge < -0.3 is 14.8 Å². The van der Waals surface area contributed by atoms with Crippen molar-refractivity contribution in [2.45, 2.75) is 39.1 Å². The SMILES string of the molecule is CC(C)(C)OC(=O)OC1CNCCN1Cc1ccccc1. The zero-order chi connectivity index (χ0) is 15.3. The van der Waals surface area contributed by atoms with Gasteiger partial charge in [-0.05, 0) is 26.3 Å². The van der Waals surface area contributed by atoms with Crippen molar-refractivity contribution in [1.82, 2.24) is 10.2 Å². The maximum Gasteiger partial charge on any atom is 0.510 e. The van der Waals surface area contributed by atoms with Crippen LogP contribution in [0.15, 0.2) is 30.3 Å². The molecule has 0 saturated carbocycles. The molecule has 5 nitrogen and oxygen atoms in total. The van der Waals surface area contributed by atoms with Crippen LogP contribution in [0.25, 0.3) is 0 Å². The molecule has 1 aromatic rings. The van der Waals surface area contributed by atoms with Crippen molar-refractivity contribution in [3.05, 3.63) is 35.9 Å². The molecule has 1 atom stereocenters. The molecular formula is C16H24N2O3. The smallest absolute Gasteiger partial charge is 0.429 e. The first-order chi connectivity index (χ1) is 9.94. The molecule has 1 heterocycles. The molecule has 21 heavy (non-hydrogen) atoms. The molecule has 1 aliphatic heterocycles. The van der Waals surface area contributed by atoms with Crippen LogP contribution in [0, 0.1) is 0 Å². The molecule has 0 amide bonds. The monoisotopic (exact) mass is 292 g/mol. The molecule has 0 aromatic heterocycles. The number of ether oxygens (including phenoxy) is 2. The summed E-state index contributed by atoms with van der Waals surface area (Å²) in [5, 5.41) is 3.24. The molecule has 0 radical (unpaired) electrons. The normalized spacial score (nSPS) is 20.0. The lowest BCUT2D eigenvalue weighted by atomic mass is 10.2. The van der Waals surface area contributed by atoms with Gasteiger partial charge in [0.1, 0.15) is 5.60 Å². The highest BCUT2D eigenvalue weighted by atomic mass is 16.7. The van der Waals surface area contributed by atoms with Crippen molar-refractivity contribution in [2.24, 2.45) is 0 Å². The van der Waals surface area contributed by atoms with Gasteiger partial charge in [-0.1, -0.05) is 30.3 Å². The van der Waals surface area contributed by atoms with Gasteiger partial charge in [-0.15, -0.1) is 0 Å². The third kappa shape index (κ3) is 5.36. The summed E-state index contributed by atoms with van der Waals surface area (Å²) in [6.07, 6.45) is -0.914. The molecule has 0 spiro atoms. The Bertz CT molecular complexity index is 456. The molecule has 1 aliphatic rings. The van der Waals surface area contributed by atoms with Crippen molar-refractivity contribution in [3.8, 4) is 0 Å². The Morgan fingerprint density at radius 1 is 1.33 bits per heavy atom. The second-order valence-electron chi connectivity index (χ2n) is 6.20. The maximum absolute atomic E-state index is 11.8. The maximum atomic E-state index is 11.8. The van der Waals surface area contributed by atoms with Crippen molar-refractivity contribution >= 4 is 6.16 Å². The fourth-order valence-corrected chi connectivity index (χ4v) is 2.22. The molecule has 0 bridgehead atoms. The highest BCUT2D eigenvalue weighted by Gasteiger charge is 2.28. The standard InChI is InChI=1S/C16H24N2O3/c1-16(2,3)21-15(19)20-14-11-17-9-10-18(14)12-13-7-5-4-6-8-13/h4-8,14,17H,9-12H2,1-3H3. The van der Waals surface area contributed by atoms with E-state index in [1.165, 1.54) is 5.56 Å². The van der Waals surface area contributed by atoms with Crippen LogP contribution in [0.2, 0.25) is 0 Å². The number of piperazine rings is 1. The molecule has 1 N–H and O–H groups in total. The Morgan fingerprint density at radius 3 is 2.71 bits per heavy atom. The van der Waals surface area contributed by atoms with E-state index in [2.05, 4.69) is 22.3 Å². The zero-order valence-corrected chi connectivity index (χ0v) is 13.0. The summed E-state index contributed by atoms with van der Waals surface area (Å²) in [6.45, 7) is 8.59. The summed E-state index contributed by atoms with van der Waals surface area (Å²) < 4.78 is 10.7. The lowest BCUT2D eigenvalue weighted by Crippen LogP contribution is -2.52. The summed E-state index contributed by atoms with van der Waals surface area (Å²) in [6, 6.07) is 10.2. The van der Waals surface area contributed by atoms with Gasteiger partial charge in [-0.2, -0.15) is 0 Å². The van der Waals surface area contributed by atoms with E-state index in [-0.39, 0.29) is 6.23 Å². The van der Waals surface area contributed by atoms with Crippen LogP contribution in [0.5, 0.6) is 0 Å². The van der Waals surface area contributed by atoms with Gasteiger partial charge in [0.05, 0.1) is 0 Å². The molecule has 1 fully saturated rings. The van der Waals surface area contributed by atoms with Gasteiger partial charge in [0.15, 0.2) is 6.23 Å². The fraction of sp³-hybridized carbons (Fsp3) is 0.562. The third-order valence-electron chi connectivity index (χ3n) is 3.15. The predicted octanol–water partition coefficient (Wildman–Crippen LogP) is 2.37. The van der Waals surface area contributed by atoms with Crippen LogP contribution in [0.4, 0.5) is 4.79 Å². The number of hydrogen-bond acceptors (Lipinski definition) is 5. The third-order valence-corrected chi connectivity index (χ3v) is 3.15. The number of carbonyl (C=O) groups excluding carboxylic acids is 1. The number of hydrogen-bond donors (Lipinski definition) is 1. The lowest BCUT2D eigenvalue weighted by Gasteiger charge is -2.35. The van der Waals surface area contributed by atoms with Crippen LogP contribution in [0.3, 0.4) is 0 Å². The molecule has 1 aromatic carbocycles. The predicted molar refractivity (Wildman–Crippen MR) is 80.8 cm³/mol. The Labute approximate surface area is 126 Å². The summed E-state index contributed by atoms with van der Waals surface area (Å²) in [5.41, 5.74) is 0.667. The van der Waals surface area contributed by atoms with Crippen LogP contribution in [-0.4, -0.2) is 42.5 Å². The highest BCUT2D eigenvalue weighted by Crippen LogP contribution is 2.14. The number of benzene rings is 1. The minimum absolute atomic E-state index is 0.297. The van der Waals surface area contributed by atoms with Gasteiger partial charge >= 0.3 is 6.16 Å². The number of carbonyl (C=O) groups is 1. The van der Waals surface area contributed by atoms with Gasteiger partial charge in [-0.25, -0.2) is 4.79 Å². The molecule has 2 rings (SSSR count). The Kier molecular flexibility index (Phi) is 5.20. The second-order valence-corrected chi connectivity index (χ2v) is 6.20. The van der Waals surface area contributed by atoms with Crippen LogP contribution in [-0.2, 0) is 16.0 Å². The largest absolute Gasteiger partial charge is 0.510 e. The van der Waals surface area contributed by atoms with E-state index in [0.29, 0.717) is 6.54 Å². The Morgan fingerprint density at radius 2 is 2.05 bits per heavy atom. The van der Waals surface area contributed by atoms with Crippen molar-refractivity contribution in [3.63, 3.8) is 0 Å². The van der Waals surface area contributed by atoms with Crippen LogP contribution in [0.1, 0.15) is 26.3 Å². The molecule has 0 aliphatic carbocycles. The average Bonchev–Trinajstić information content (AvgIpc) is 2.40. The van der Waals surface area contributed by atoms with E-state index in [1.807, 2.05) is 39.0 Å². The second kappa shape index (κ2) is 6.91. The Hall–Kier alpha value is -1.59. The van der Waals surface area contributed by atoms with Gasteiger partial charge in [0.25, 0.3) is 0 Å². The van der Waals surface area contributed by atoms with E-state index in [1.54, 1.807) is 0 Å². The minimum atomic E-state index is -0.616. The van der Waals surface area contributed by atoms with Crippen LogP contribution < -0.4 is 5.32 Å². The van der Waals surface area contributed by atoms with E-state index < -0.39 is 11.8 Å². The van der Waals surface area contributed by atoms with Crippen LogP contribution >= 0.6 is 0 Å². The van der Waals surface area contributed by atoms with E-state index >= 15 is 0 Å². The molecule has 5 heteroatoms. The van der Waals surface area contributed by atoms with Gasteiger partial charge in [-0.3, -0.25) is 4.90 Å². The van der Waals surface area contributed by atoms with Gasteiger partial charge in [0, 0.05) is 26.2 Å². The highest BCUT2D eigenvalue weighted by molar-refractivity contribution is 5.60. The summed E-state index contributed by atoms with van der Waals surface area (Å²) in [5.74, 6) is 0. The van der Waals surface area contributed by atoms with Crippen molar-refractivity contribution in [2.75, 3.05) is 19.6 Å². The number of nitrogens with one attached hydrogen (secondary N) is 1. The molecule has 116 valence electrons. The summed E-state index contributed by atoms with van der Waals surface area (Å²) in [7, 11) is 0. The average molecular weight is 292 g/mol. The van der Waals surface area contributed by atoms with E-state index in [4.69, 9.17) is 9.47 Å². The van der Waals surface area contributed by atoms with E-state index in [9.17, 15) is 4.79 Å². The van der Waals surface area contributed by atoms with Crippen molar-refractivity contribution in [1.29, 1.82) is 0 Å². The molecular weight excluding hydrogens is 268 g/mol. The Balaban J connectivity index is 1.94. The number of nitrogens with zero attached hydrogens (tertiary/aromatic N) is 1. The number of rotatable bonds is 3. The van der Waals surface area contributed by atoms with Gasteiger partial charge in [0.2, 0.25) is 0 Å². The quantitative estimate of drug-likeness (QED) is 0.867. The van der Waals surface area contributed by atoms with Crippen molar-refractivity contribution < 1.29 is 14.3 Å². The molecule has 1 unspecified atom stereocenters. The summed E-state index contributed by atoms with van der Waals surface area (Å²) in [4.78, 5) is 14.0. The minimum Gasteiger partial charge on any atom is -0.429 e. The first-order valence-corrected chi connectivity index (χ1v) is 7.32. The summed E-state index contributed by atoms with van der Waals surface area (Å²) >= 11 is 0. The fourth-order valence-electron chi connectivity index (χ4n) is 2.22. The topological polar surface area (TPSA) is 50.8 Å². The van der Waals surface area contributed by atoms with E-state index in [0.717, 1.165) is 19.6 Å². The first kappa shape index (κ1) is 15.8. The molecule has 1 saturated heterocycles. The first-order valence-electron chi connectivity index (χ1n) is 7.32. The lowest BCUT2D eigenvalue weighted by molar-refractivity contribution is -0.0821.